The summed E-state index contributed by atoms with van der Waals surface area (Å²) in [5.74, 6) is -0.894. The molecule has 7 nitrogen and oxygen atoms in total. The molecule has 5 rings (SSSR count). The van der Waals surface area contributed by atoms with Gasteiger partial charge in [-0.15, -0.1) is 11.3 Å². The minimum Gasteiger partial charge on any atom is -0.491 e. The third-order valence-electron chi connectivity index (χ3n) is 6.46. The highest BCUT2D eigenvalue weighted by molar-refractivity contribution is 7.19. The van der Waals surface area contributed by atoms with Gasteiger partial charge in [0.1, 0.15) is 29.7 Å². The molecule has 34 heavy (non-hydrogen) atoms. The Bertz CT molecular complexity index is 1210. The molecule has 9 heteroatoms. The Hall–Kier alpha value is -1.75. The van der Waals surface area contributed by atoms with Gasteiger partial charge in [0.05, 0.1) is 19.3 Å². The van der Waals surface area contributed by atoms with Crippen molar-refractivity contribution in [2.75, 3.05) is 13.2 Å². The van der Waals surface area contributed by atoms with Gasteiger partial charge in [-0.05, 0) is 61.2 Å². The summed E-state index contributed by atoms with van der Waals surface area (Å²) in [4.78, 5) is 1.09. The lowest BCUT2D eigenvalue weighted by Crippen LogP contribution is -2.65. The molecule has 0 unspecified atom stereocenters. The van der Waals surface area contributed by atoms with Gasteiger partial charge in [-0.1, -0.05) is 17.7 Å². The van der Waals surface area contributed by atoms with Crippen molar-refractivity contribution in [3.8, 4) is 5.75 Å². The van der Waals surface area contributed by atoms with Gasteiger partial charge in [0, 0.05) is 26.6 Å². The zero-order chi connectivity index (χ0) is 24.3. The molecular weight excluding hydrogens is 480 g/mol. The fraction of sp³-hybridized carbons (Fsp3) is 0.440. The van der Waals surface area contributed by atoms with Gasteiger partial charge in [0.15, 0.2) is 0 Å². The van der Waals surface area contributed by atoms with Crippen molar-refractivity contribution in [2.45, 2.75) is 56.1 Å². The molecule has 182 valence electrons. The second-order valence-electron chi connectivity index (χ2n) is 9.22. The van der Waals surface area contributed by atoms with E-state index >= 15 is 0 Å². The Kier molecular flexibility index (Phi) is 6.15. The van der Waals surface area contributed by atoms with Gasteiger partial charge in [-0.3, -0.25) is 0 Å². The summed E-state index contributed by atoms with van der Waals surface area (Å²) in [5, 5.41) is 43.1. The van der Waals surface area contributed by atoms with Gasteiger partial charge in [0.25, 0.3) is 0 Å². The van der Waals surface area contributed by atoms with Crippen LogP contribution in [0, 0.1) is 0 Å². The third kappa shape index (κ3) is 3.83. The number of ether oxygens (including phenoxy) is 3. The summed E-state index contributed by atoms with van der Waals surface area (Å²) in [6.45, 7) is 3.24. The minimum atomic E-state index is -1.72. The van der Waals surface area contributed by atoms with Crippen LogP contribution in [0.3, 0.4) is 0 Å². The van der Waals surface area contributed by atoms with Crippen LogP contribution in [0.2, 0.25) is 5.02 Å². The summed E-state index contributed by atoms with van der Waals surface area (Å²) < 4.78 is 18.7. The molecular formula is C25H27ClO7S. The van der Waals surface area contributed by atoms with Gasteiger partial charge < -0.3 is 34.6 Å². The van der Waals surface area contributed by atoms with Crippen LogP contribution in [0.5, 0.6) is 5.75 Å². The van der Waals surface area contributed by atoms with Gasteiger partial charge >= 0.3 is 0 Å². The normalized spacial score (nSPS) is 30.9. The van der Waals surface area contributed by atoms with Crippen LogP contribution < -0.4 is 4.74 Å². The van der Waals surface area contributed by atoms with Crippen molar-refractivity contribution in [3.05, 3.63) is 63.5 Å². The van der Waals surface area contributed by atoms with E-state index in [9.17, 15) is 20.4 Å². The van der Waals surface area contributed by atoms with E-state index in [0.29, 0.717) is 17.0 Å². The Morgan fingerprint density at radius 1 is 1.12 bits per heavy atom. The van der Waals surface area contributed by atoms with Crippen molar-refractivity contribution in [2.24, 2.45) is 0 Å². The average Bonchev–Trinajstić information content (AvgIpc) is 3.39. The molecule has 2 fully saturated rings. The maximum absolute atomic E-state index is 10.8. The highest BCUT2D eigenvalue weighted by Gasteiger charge is 2.67. The van der Waals surface area contributed by atoms with Crippen LogP contribution in [-0.2, 0) is 21.7 Å². The number of thiophene rings is 1. The SMILES string of the molecule is CC(C)Oc1ccc2cc(Cc3cc([C@]45OC[C@](CO)(O4)[C@@H](O)[C@H](O)[C@H]5O)ccc3Cl)sc2c1. The quantitative estimate of drug-likeness (QED) is 0.407. The highest BCUT2D eigenvalue weighted by Crippen LogP contribution is 2.50. The van der Waals surface area contributed by atoms with Crippen LogP contribution in [0.25, 0.3) is 10.1 Å². The molecule has 0 aliphatic carbocycles. The van der Waals surface area contributed by atoms with E-state index in [1.807, 2.05) is 32.0 Å². The molecule has 2 aliphatic heterocycles. The molecule has 5 atom stereocenters. The van der Waals surface area contributed by atoms with E-state index in [1.54, 1.807) is 29.5 Å². The number of aliphatic hydroxyl groups excluding tert-OH is 4. The Labute approximate surface area is 206 Å². The topological polar surface area (TPSA) is 109 Å². The molecule has 0 amide bonds. The molecule has 2 aromatic carbocycles. The third-order valence-corrected chi connectivity index (χ3v) is 7.92. The molecule has 1 aromatic heterocycles. The van der Waals surface area contributed by atoms with Crippen LogP contribution in [0.15, 0.2) is 42.5 Å². The van der Waals surface area contributed by atoms with E-state index < -0.39 is 36.3 Å². The summed E-state index contributed by atoms with van der Waals surface area (Å²) in [6.07, 6.45) is -3.96. The van der Waals surface area contributed by atoms with Crippen molar-refractivity contribution < 1.29 is 34.6 Å². The molecule has 0 saturated carbocycles. The average molecular weight is 507 g/mol. The standard InChI is InChI=1S/C25H27ClO7S/c1-13(2)32-17-5-3-14-8-18(34-20(14)10-17)9-15-7-16(4-6-19(15)26)25-23(30)21(28)22(29)24(11-27,33-25)12-31-25/h3-8,10,13,21-23,27-30H,9,11-12H2,1-2H3/t21-,22-,23+,24-,25-/m0/s1. The van der Waals surface area contributed by atoms with Crippen LogP contribution in [-0.4, -0.2) is 63.7 Å². The second kappa shape index (κ2) is 8.72. The number of aliphatic hydroxyl groups is 4. The first-order valence-corrected chi connectivity index (χ1v) is 12.3. The number of benzene rings is 2. The Balaban J connectivity index is 1.47. The van der Waals surface area contributed by atoms with E-state index in [2.05, 4.69) is 6.07 Å². The smallest absolute Gasteiger partial charge is 0.225 e. The van der Waals surface area contributed by atoms with E-state index in [0.717, 1.165) is 26.3 Å². The lowest BCUT2D eigenvalue weighted by molar-refractivity contribution is -0.329. The minimum absolute atomic E-state index is 0.0946. The molecule has 0 radical (unpaired) electrons. The fourth-order valence-corrected chi connectivity index (χ4v) is 5.99. The van der Waals surface area contributed by atoms with Crippen LogP contribution >= 0.6 is 22.9 Å². The predicted octanol–water partition coefficient (Wildman–Crippen LogP) is 2.96. The lowest BCUT2D eigenvalue weighted by Gasteiger charge is -2.46. The summed E-state index contributed by atoms with van der Waals surface area (Å²) in [7, 11) is 0. The van der Waals surface area contributed by atoms with E-state index in [4.69, 9.17) is 25.8 Å². The molecule has 3 heterocycles. The predicted molar refractivity (Wildman–Crippen MR) is 128 cm³/mol. The number of fused-ring (bicyclic) bond motifs is 3. The van der Waals surface area contributed by atoms with Gasteiger partial charge in [-0.2, -0.15) is 0 Å². The monoisotopic (exact) mass is 506 g/mol. The zero-order valence-electron chi connectivity index (χ0n) is 18.8. The largest absolute Gasteiger partial charge is 0.491 e. The molecule has 4 N–H and O–H groups in total. The Morgan fingerprint density at radius 3 is 2.65 bits per heavy atom. The second-order valence-corrected chi connectivity index (χ2v) is 10.8. The summed E-state index contributed by atoms with van der Waals surface area (Å²) in [6, 6.07) is 13.3. The number of halogens is 1. The lowest BCUT2D eigenvalue weighted by atomic mass is 9.83. The molecule has 2 saturated heterocycles. The maximum Gasteiger partial charge on any atom is 0.225 e. The van der Waals surface area contributed by atoms with Crippen molar-refractivity contribution in [3.63, 3.8) is 0 Å². The first-order valence-electron chi connectivity index (χ1n) is 11.1. The van der Waals surface area contributed by atoms with Crippen molar-refractivity contribution in [1.29, 1.82) is 0 Å². The maximum atomic E-state index is 10.8. The number of rotatable bonds is 6. The van der Waals surface area contributed by atoms with Crippen molar-refractivity contribution >= 4 is 33.0 Å². The van der Waals surface area contributed by atoms with E-state index in [-0.39, 0.29) is 12.7 Å². The molecule has 2 aliphatic rings. The van der Waals surface area contributed by atoms with Gasteiger partial charge in [0.2, 0.25) is 5.79 Å². The van der Waals surface area contributed by atoms with Crippen LogP contribution in [0.1, 0.15) is 29.9 Å². The molecule has 3 aromatic rings. The van der Waals surface area contributed by atoms with E-state index in [1.165, 1.54) is 0 Å². The summed E-state index contributed by atoms with van der Waals surface area (Å²) >= 11 is 8.16. The van der Waals surface area contributed by atoms with Crippen LogP contribution in [0.4, 0.5) is 0 Å². The molecule has 2 bridgehead atoms. The first kappa shape index (κ1) is 24.0. The Morgan fingerprint density at radius 2 is 1.91 bits per heavy atom. The zero-order valence-corrected chi connectivity index (χ0v) is 20.3. The summed E-state index contributed by atoms with van der Waals surface area (Å²) in [5.41, 5.74) is -0.269. The number of hydrogen-bond donors (Lipinski definition) is 4. The fourth-order valence-electron chi connectivity index (χ4n) is 4.69. The molecule has 0 spiro atoms. The highest BCUT2D eigenvalue weighted by atomic mass is 35.5. The van der Waals surface area contributed by atoms with Crippen molar-refractivity contribution in [1.82, 2.24) is 0 Å². The van der Waals surface area contributed by atoms with Gasteiger partial charge in [-0.25, -0.2) is 0 Å². The number of hydrogen-bond acceptors (Lipinski definition) is 8. The first-order chi connectivity index (χ1) is 16.2.